The molecule has 0 saturated carbocycles. The molecule has 0 N–H and O–H groups in total. The molecule has 0 saturated heterocycles. The Kier molecular flexibility index (Phi) is 2.64. The topological polar surface area (TPSA) is 22.1 Å². The van der Waals surface area contributed by atoms with Crippen LogP contribution in [0.2, 0.25) is 5.02 Å². The van der Waals surface area contributed by atoms with Gasteiger partial charge in [0.2, 0.25) is 5.88 Å². The summed E-state index contributed by atoms with van der Waals surface area (Å²) in [6.07, 6.45) is 2.70. The zero-order chi connectivity index (χ0) is 10.1. The maximum absolute atomic E-state index is 5.93. The minimum Gasteiger partial charge on any atom is -0.477 e. The SMILES string of the molecule is CC(C)[C@H]1CCOc2ncc(Cl)cc21. The second-order valence-corrected chi connectivity index (χ2v) is 4.47. The normalized spacial score (nSPS) is 20.4. The maximum atomic E-state index is 5.93. The van der Waals surface area contributed by atoms with Crippen molar-refractivity contribution in [1.29, 1.82) is 0 Å². The van der Waals surface area contributed by atoms with Crippen LogP contribution in [0.4, 0.5) is 0 Å². The fraction of sp³-hybridized carbons (Fsp3) is 0.545. The van der Waals surface area contributed by atoms with Crippen LogP contribution < -0.4 is 4.74 Å². The Balaban J connectivity index is 2.41. The molecule has 76 valence electrons. The van der Waals surface area contributed by atoms with Gasteiger partial charge in [-0.2, -0.15) is 0 Å². The Hall–Kier alpha value is -0.760. The average Bonchev–Trinajstić information content (AvgIpc) is 2.16. The van der Waals surface area contributed by atoms with Crippen molar-refractivity contribution in [3.05, 3.63) is 22.8 Å². The number of rotatable bonds is 1. The summed E-state index contributed by atoms with van der Waals surface area (Å²) in [4.78, 5) is 4.20. The van der Waals surface area contributed by atoms with Crippen molar-refractivity contribution in [3.8, 4) is 5.88 Å². The van der Waals surface area contributed by atoms with Crippen molar-refractivity contribution in [2.24, 2.45) is 5.92 Å². The molecule has 0 fully saturated rings. The number of hydrogen-bond donors (Lipinski definition) is 0. The van der Waals surface area contributed by atoms with Gasteiger partial charge >= 0.3 is 0 Å². The zero-order valence-electron chi connectivity index (χ0n) is 8.46. The molecule has 3 heteroatoms. The van der Waals surface area contributed by atoms with Gasteiger partial charge in [-0.05, 0) is 24.3 Å². The summed E-state index contributed by atoms with van der Waals surface area (Å²) in [5.41, 5.74) is 1.17. The molecule has 0 bridgehead atoms. The number of nitrogens with zero attached hydrogens (tertiary/aromatic N) is 1. The minimum atomic E-state index is 0.532. The lowest BCUT2D eigenvalue weighted by molar-refractivity contribution is 0.237. The van der Waals surface area contributed by atoms with Crippen LogP contribution in [0.1, 0.15) is 31.7 Å². The first-order valence-electron chi connectivity index (χ1n) is 4.96. The molecule has 0 unspecified atom stereocenters. The Morgan fingerprint density at radius 1 is 1.57 bits per heavy atom. The second-order valence-electron chi connectivity index (χ2n) is 4.04. The highest BCUT2D eigenvalue weighted by molar-refractivity contribution is 6.30. The highest BCUT2D eigenvalue weighted by atomic mass is 35.5. The van der Waals surface area contributed by atoms with E-state index in [9.17, 15) is 0 Å². The van der Waals surface area contributed by atoms with E-state index in [0.717, 1.165) is 18.9 Å². The predicted octanol–water partition coefficient (Wildman–Crippen LogP) is 3.26. The molecule has 0 radical (unpaired) electrons. The van der Waals surface area contributed by atoms with Crippen LogP contribution in [0.25, 0.3) is 0 Å². The van der Waals surface area contributed by atoms with Crippen LogP contribution in [0.5, 0.6) is 5.88 Å². The first-order valence-corrected chi connectivity index (χ1v) is 5.34. The van der Waals surface area contributed by atoms with Crippen LogP contribution >= 0.6 is 11.6 Å². The summed E-state index contributed by atoms with van der Waals surface area (Å²) < 4.78 is 5.49. The van der Waals surface area contributed by atoms with E-state index in [1.807, 2.05) is 6.07 Å². The molecule has 2 nitrogen and oxygen atoms in total. The Bertz CT molecular complexity index is 338. The van der Waals surface area contributed by atoms with E-state index in [4.69, 9.17) is 16.3 Å². The number of halogens is 1. The van der Waals surface area contributed by atoms with Crippen molar-refractivity contribution in [2.45, 2.75) is 26.2 Å². The lowest BCUT2D eigenvalue weighted by atomic mass is 9.85. The standard InChI is InChI=1S/C11H14ClNO/c1-7(2)9-3-4-14-11-10(9)5-8(12)6-13-11/h5-7,9H,3-4H2,1-2H3/t9-/m1/s1. The fourth-order valence-electron chi connectivity index (χ4n) is 1.96. The molecule has 0 spiro atoms. The molecule has 0 amide bonds. The Morgan fingerprint density at radius 2 is 2.36 bits per heavy atom. The first kappa shape index (κ1) is 9.78. The van der Waals surface area contributed by atoms with Gasteiger partial charge in [0.05, 0.1) is 11.6 Å². The highest BCUT2D eigenvalue weighted by Crippen LogP contribution is 2.37. The van der Waals surface area contributed by atoms with Crippen LogP contribution in [-0.2, 0) is 0 Å². The zero-order valence-corrected chi connectivity index (χ0v) is 9.21. The average molecular weight is 212 g/mol. The lowest BCUT2D eigenvalue weighted by Gasteiger charge is -2.27. The summed E-state index contributed by atoms with van der Waals surface area (Å²) in [6.45, 7) is 5.21. The molecular formula is C11H14ClNO. The molecular weight excluding hydrogens is 198 g/mol. The van der Waals surface area contributed by atoms with Crippen LogP contribution in [-0.4, -0.2) is 11.6 Å². The quantitative estimate of drug-likeness (QED) is 0.712. The van der Waals surface area contributed by atoms with Gasteiger partial charge in [-0.3, -0.25) is 0 Å². The summed E-state index contributed by atoms with van der Waals surface area (Å²) in [5.74, 6) is 1.90. The van der Waals surface area contributed by atoms with Gasteiger partial charge in [0.1, 0.15) is 0 Å². The monoisotopic (exact) mass is 211 g/mol. The van der Waals surface area contributed by atoms with Gasteiger partial charge < -0.3 is 4.74 Å². The summed E-state index contributed by atoms with van der Waals surface area (Å²) >= 11 is 5.93. The van der Waals surface area contributed by atoms with E-state index in [1.54, 1.807) is 6.20 Å². The molecule has 2 rings (SSSR count). The van der Waals surface area contributed by atoms with Crippen molar-refractivity contribution in [2.75, 3.05) is 6.61 Å². The maximum Gasteiger partial charge on any atom is 0.216 e. The molecule has 1 aromatic heterocycles. The van der Waals surface area contributed by atoms with E-state index in [2.05, 4.69) is 18.8 Å². The molecule has 0 aliphatic carbocycles. The first-order chi connectivity index (χ1) is 6.68. The van der Waals surface area contributed by atoms with E-state index in [1.165, 1.54) is 5.56 Å². The molecule has 2 heterocycles. The number of ether oxygens (including phenoxy) is 1. The highest BCUT2D eigenvalue weighted by Gasteiger charge is 2.25. The lowest BCUT2D eigenvalue weighted by Crippen LogP contribution is -2.19. The third-order valence-corrected chi connectivity index (χ3v) is 2.92. The van der Waals surface area contributed by atoms with Gasteiger partial charge in [-0.15, -0.1) is 0 Å². The van der Waals surface area contributed by atoms with E-state index >= 15 is 0 Å². The fourth-order valence-corrected chi connectivity index (χ4v) is 2.13. The van der Waals surface area contributed by atoms with Crippen molar-refractivity contribution in [3.63, 3.8) is 0 Å². The molecule has 0 aromatic carbocycles. The molecule has 1 aromatic rings. The number of aromatic nitrogens is 1. The minimum absolute atomic E-state index is 0.532. The van der Waals surface area contributed by atoms with E-state index in [0.29, 0.717) is 16.9 Å². The van der Waals surface area contributed by atoms with E-state index in [-0.39, 0.29) is 0 Å². The Morgan fingerprint density at radius 3 is 3.07 bits per heavy atom. The van der Waals surface area contributed by atoms with Crippen molar-refractivity contribution < 1.29 is 4.74 Å². The second kappa shape index (κ2) is 3.77. The van der Waals surface area contributed by atoms with Gasteiger partial charge in [-0.1, -0.05) is 25.4 Å². The summed E-state index contributed by atoms with van der Waals surface area (Å²) in [6, 6.07) is 1.98. The van der Waals surface area contributed by atoms with Crippen LogP contribution in [0.15, 0.2) is 12.3 Å². The smallest absolute Gasteiger partial charge is 0.216 e. The van der Waals surface area contributed by atoms with Crippen molar-refractivity contribution >= 4 is 11.6 Å². The summed E-state index contributed by atoms with van der Waals surface area (Å²) in [7, 11) is 0. The third-order valence-electron chi connectivity index (χ3n) is 2.72. The van der Waals surface area contributed by atoms with Crippen molar-refractivity contribution in [1.82, 2.24) is 4.98 Å². The predicted molar refractivity (Wildman–Crippen MR) is 56.9 cm³/mol. The van der Waals surface area contributed by atoms with Crippen LogP contribution in [0.3, 0.4) is 0 Å². The molecule has 1 atom stereocenters. The number of hydrogen-bond acceptors (Lipinski definition) is 2. The van der Waals surface area contributed by atoms with Gasteiger partial charge in [0.25, 0.3) is 0 Å². The molecule has 1 aliphatic heterocycles. The summed E-state index contributed by atoms with van der Waals surface area (Å²) in [5, 5.41) is 0.694. The Labute approximate surface area is 89.3 Å². The molecule has 1 aliphatic rings. The third kappa shape index (κ3) is 1.71. The van der Waals surface area contributed by atoms with E-state index < -0.39 is 0 Å². The molecule has 14 heavy (non-hydrogen) atoms. The van der Waals surface area contributed by atoms with Gasteiger partial charge in [0, 0.05) is 11.8 Å². The van der Waals surface area contributed by atoms with Crippen LogP contribution in [0, 0.1) is 5.92 Å². The largest absolute Gasteiger partial charge is 0.477 e. The number of pyridine rings is 1. The van der Waals surface area contributed by atoms with Gasteiger partial charge in [-0.25, -0.2) is 4.98 Å². The number of fused-ring (bicyclic) bond motifs is 1. The van der Waals surface area contributed by atoms with Gasteiger partial charge in [0.15, 0.2) is 0 Å².